The summed E-state index contributed by atoms with van der Waals surface area (Å²) in [6.45, 7) is 1.85. The van der Waals surface area contributed by atoms with Crippen LogP contribution in [0.15, 0.2) is 48.5 Å². The van der Waals surface area contributed by atoms with E-state index in [1.165, 1.54) is 12.1 Å². The molecular formula is C22H25FN2O5. The minimum atomic E-state index is -1.16. The Labute approximate surface area is 174 Å². The van der Waals surface area contributed by atoms with Gasteiger partial charge in [0.05, 0.1) is 18.2 Å². The monoisotopic (exact) mass is 416 g/mol. The first-order chi connectivity index (χ1) is 14.4. The van der Waals surface area contributed by atoms with E-state index in [-0.39, 0.29) is 36.6 Å². The van der Waals surface area contributed by atoms with E-state index in [2.05, 4.69) is 10.6 Å². The summed E-state index contributed by atoms with van der Waals surface area (Å²) in [7, 11) is 0. The van der Waals surface area contributed by atoms with Gasteiger partial charge in [0, 0.05) is 12.1 Å². The molecule has 0 unspecified atom stereocenters. The summed E-state index contributed by atoms with van der Waals surface area (Å²) in [5.74, 6) is -2.00. The van der Waals surface area contributed by atoms with Gasteiger partial charge in [-0.3, -0.25) is 4.79 Å². The highest BCUT2D eigenvalue weighted by molar-refractivity contribution is 5.89. The zero-order valence-electron chi connectivity index (χ0n) is 16.7. The van der Waals surface area contributed by atoms with Gasteiger partial charge in [-0.25, -0.2) is 14.0 Å². The molecule has 160 valence electrons. The van der Waals surface area contributed by atoms with Gasteiger partial charge < -0.3 is 20.5 Å². The number of carboxylic acid groups (broad SMARTS) is 1. The Kier molecular flexibility index (Phi) is 8.96. The van der Waals surface area contributed by atoms with Crippen molar-refractivity contribution in [2.45, 2.75) is 39.0 Å². The van der Waals surface area contributed by atoms with Crippen molar-refractivity contribution in [2.75, 3.05) is 6.54 Å². The quantitative estimate of drug-likeness (QED) is 0.519. The number of ether oxygens (including phenoxy) is 1. The predicted octanol–water partition coefficient (Wildman–Crippen LogP) is 3.28. The van der Waals surface area contributed by atoms with Crippen molar-refractivity contribution < 1.29 is 28.6 Å². The molecule has 2 aromatic rings. The average Bonchev–Trinajstić information content (AvgIpc) is 2.73. The summed E-state index contributed by atoms with van der Waals surface area (Å²) in [6.07, 6.45) is 0.417. The summed E-state index contributed by atoms with van der Waals surface area (Å²) in [4.78, 5) is 35.5. The third kappa shape index (κ3) is 7.29. The summed E-state index contributed by atoms with van der Waals surface area (Å²) >= 11 is 0. The van der Waals surface area contributed by atoms with Crippen molar-refractivity contribution in [3.05, 3.63) is 71.0 Å². The molecule has 30 heavy (non-hydrogen) atoms. The van der Waals surface area contributed by atoms with Crippen LogP contribution in [-0.2, 0) is 22.7 Å². The fourth-order valence-corrected chi connectivity index (χ4v) is 2.80. The second kappa shape index (κ2) is 11.7. The van der Waals surface area contributed by atoms with Gasteiger partial charge >= 0.3 is 12.1 Å². The molecule has 0 aliphatic carbocycles. The molecule has 1 atom stereocenters. The Morgan fingerprint density at radius 2 is 1.87 bits per heavy atom. The van der Waals surface area contributed by atoms with Gasteiger partial charge in [0.25, 0.3) is 0 Å². The number of halogens is 1. The van der Waals surface area contributed by atoms with Gasteiger partial charge in [0.15, 0.2) is 5.78 Å². The largest absolute Gasteiger partial charge is 0.478 e. The molecule has 1 amide bonds. The first kappa shape index (κ1) is 23.0. The molecule has 0 aromatic heterocycles. The summed E-state index contributed by atoms with van der Waals surface area (Å²) in [6, 6.07) is 11.9. The minimum absolute atomic E-state index is 0.0179. The van der Waals surface area contributed by atoms with Crippen LogP contribution in [0.1, 0.15) is 41.3 Å². The number of alkyl carbamates (subject to hydrolysis) is 1. The zero-order valence-corrected chi connectivity index (χ0v) is 16.7. The molecule has 7 nitrogen and oxygen atoms in total. The van der Waals surface area contributed by atoms with E-state index in [9.17, 15) is 18.8 Å². The number of ketones is 1. The van der Waals surface area contributed by atoms with Crippen molar-refractivity contribution in [1.29, 1.82) is 0 Å². The highest BCUT2D eigenvalue weighted by Gasteiger charge is 2.20. The first-order valence-corrected chi connectivity index (χ1v) is 9.63. The van der Waals surface area contributed by atoms with E-state index < -0.39 is 23.9 Å². The lowest BCUT2D eigenvalue weighted by atomic mass is 10.1. The molecule has 0 saturated heterocycles. The minimum Gasteiger partial charge on any atom is -0.478 e. The van der Waals surface area contributed by atoms with Crippen LogP contribution in [0.25, 0.3) is 0 Å². The molecule has 0 radical (unpaired) electrons. The van der Waals surface area contributed by atoms with Crippen molar-refractivity contribution in [3.8, 4) is 0 Å². The summed E-state index contributed by atoms with van der Waals surface area (Å²) in [5.41, 5.74) is 0.939. The van der Waals surface area contributed by atoms with E-state index in [4.69, 9.17) is 9.84 Å². The Morgan fingerprint density at radius 3 is 2.53 bits per heavy atom. The average molecular weight is 416 g/mol. The molecule has 0 aliphatic rings. The van der Waals surface area contributed by atoms with E-state index in [0.29, 0.717) is 12.8 Å². The number of carbonyl (C=O) groups is 3. The van der Waals surface area contributed by atoms with Crippen LogP contribution < -0.4 is 10.6 Å². The van der Waals surface area contributed by atoms with Crippen LogP contribution in [0, 0.1) is 5.82 Å². The van der Waals surface area contributed by atoms with Crippen LogP contribution in [0.2, 0.25) is 0 Å². The lowest BCUT2D eigenvalue weighted by Crippen LogP contribution is -2.44. The summed E-state index contributed by atoms with van der Waals surface area (Å²) in [5, 5.41) is 14.4. The second-order valence-electron chi connectivity index (χ2n) is 6.73. The first-order valence-electron chi connectivity index (χ1n) is 9.63. The number of aromatic carboxylic acids is 1. The smallest absolute Gasteiger partial charge is 0.408 e. The Bertz CT molecular complexity index is 873. The number of carboxylic acids is 1. The third-order valence-electron chi connectivity index (χ3n) is 4.38. The standard InChI is InChI=1S/C22H25FN2O5/c1-2-6-19(25-22(29)30-14-15-7-4-3-5-8-15)20(26)13-24-12-17-11-16(21(27)28)9-10-18(17)23/h3-5,7-11,19,24H,2,6,12-14H2,1H3,(H,25,29)(H,27,28)/t19-/m1/s1. The molecule has 0 bridgehead atoms. The number of benzene rings is 2. The number of nitrogens with one attached hydrogen (secondary N) is 2. The number of rotatable bonds is 11. The normalized spacial score (nSPS) is 11.5. The SMILES string of the molecule is CCC[C@@H](NC(=O)OCc1ccccc1)C(=O)CNCc1cc(C(=O)O)ccc1F. The Morgan fingerprint density at radius 1 is 1.13 bits per heavy atom. The molecule has 0 heterocycles. The summed E-state index contributed by atoms with van der Waals surface area (Å²) < 4.78 is 19.0. The predicted molar refractivity (Wildman–Crippen MR) is 109 cm³/mol. The molecule has 0 spiro atoms. The maximum atomic E-state index is 13.8. The molecule has 0 aliphatic heterocycles. The molecule has 3 N–H and O–H groups in total. The molecule has 2 rings (SSSR count). The topological polar surface area (TPSA) is 105 Å². The van der Waals surface area contributed by atoms with Gasteiger partial charge in [-0.05, 0) is 30.2 Å². The Balaban J connectivity index is 1.85. The van der Waals surface area contributed by atoms with Crippen LogP contribution in [0.5, 0.6) is 0 Å². The van der Waals surface area contributed by atoms with Gasteiger partial charge in [0.1, 0.15) is 12.4 Å². The van der Waals surface area contributed by atoms with E-state index >= 15 is 0 Å². The zero-order chi connectivity index (χ0) is 21.9. The highest BCUT2D eigenvalue weighted by atomic mass is 19.1. The molecule has 0 saturated carbocycles. The van der Waals surface area contributed by atoms with Crippen molar-refractivity contribution in [1.82, 2.24) is 10.6 Å². The fraction of sp³-hybridized carbons (Fsp3) is 0.318. The number of Topliss-reactive ketones (excluding diaryl/α,β-unsaturated/α-hetero) is 1. The van der Waals surface area contributed by atoms with E-state index in [1.807, 2.05) is 37.3 Å². The van der Waals surface area contributed by atoms with Crippen molar-refractivity contribution >= 4 is 17.8 Å². The van der Waals surface area contributed by atoms with Gasteiger partial charge in [0.2, 0.25) is 0 Å². The molecular weight excluding hydrogens is 391 g/mol. The van der Waals surface area contributed by atoms with Gasteiger partial charge in [-0.15, -0.1) is 0 Å². The van der Waals surface area contributed by atoms with Crippen molar-refractivity contribution in [3.63, 3.8) is 0 Å². The van der Waals surface area contributed by atoms with E-state index in [1.54, 1.807) is 0 Å². The molecule has 2 aromatic carbocycles. The molecule has 8 heteroatoms. The van der Waals surface area contributed by atoms with Crippen LogP contribution in [0.4, 0.5) is 9.18 Å². The van der Waals surface area contributed by atoms with Crippen molar-refractivity contribution in [2.24, 2.45) is 0 Å². The molecule has 0 fully saturated rings. The number of carbonyl (C=O) groups excluding carboxylic acids is 2. The number of hydrogen-bond donors (Lipinski definition) is 3. The fourth-order valence-electron chi connectivity index (χ4n) is 2.80. The van der Waals surface area contributed by atoms with Gasteiger partial charge in [-0.2, -0.15) is 0 Å². The number of hydrogen-bond acceptors (Lipinski definition) is 5. The van der Waals surface area contributed by atoms with Crippen LogP contribution in [-0.4, -0.2) is 35.5 Å². The van der Waals surface area contributed by atoms with Crippen LogP contribution >= 0.6 is 0 Å². The third-order valence-corrected chi connectivity index (χ3v) is 4.38. The highest BCUT2D eigenvalue weighted by Crippen LogP contribution is 2.11. The maximum absolute atomic E-state index is 13.8. The lowest BCUT2D eigenvalue weighted by Gasteiger charge is -2.17. The second-order valence-corrected chi connectivity index (χ2v) is 6.73. The van der Waals surface area contributed by atoms with Gasteiger partial charge in [-0.1, -0.05) is 43.7 Å². The van der Waals surface area contributed by atoms with Crippen LogP contribution in [0.3, 0.4) is 0 Å². The Hall–Kier alpha value is -3.26. The van der Waals surface area contributed by atoms with E-state index in [0.717, 1.165) is 11.6 Å². The lowest BCUT2D eigenvalue weighted by molar-refractivity contribution is -0.120. The maximum Gasteiger partial charge on any atom is 0.408 e. The number of amides is 1.